The number of nitrogens with one attached hydrogen (secondary N) is 2. The van der Waals surface area contributed by atoms with E-state index in [9.17, 15) is 65.4 Å². The van der Waals surface area contributed by atoms with Gasteiger partial charge in [-0.25, -0.2) is 4.79 Å². The van der Waals surface area contributed by atoms with Crippen LogP contribution in [0, 0.1) is 0 Å². The molecule has 0 radical (unpaired) electrons. The van der Waals surface area contributed by atoms with Gasteiger partial charge < -0.3 is 90.1 Å². The summed E-state index contributed by atoms with van der Waals surface area (Å²) < 4.78 is 33.1. The van der Waals surface area contributed by atoms with Crippen molar-refractivity contribution >= 4 is 17.8 Å². The largest absolute Gasteiger partial charge is 0.477 e. The highest BCUT2D eigenvalue weighted by Crippen LogP contribution is 2.38. The molecule has 0 aromatic heterocycles. The molecule has 12 N–H and O–H groups in total. The van der Waals surface area contributed by atoms with Crippen molar-refractivity contribution in [3.05, 3.63) is 0 Å². The van der Waals surface area contributed by atoms with Crippen LogP contribution in [0.15, 0.2) is 0 Å². The molecule has 0 saturated carbocycles. The molecule has 0 aliphatic carbocycles. The lowest BCUT2D eigenvalue weighted by Gasteiger charge is -2.50. The van der Waals surface area contributed by atoms with Gasteiger partial charge in [-0.2, -0.15) is 0 Å². The number of rotatable bonds is 13. The molecule has 21 nitrogen and oxygen atoms in total. The number of carbonyl (C=O) groups is 3. The van der Waals surface area contributed by atoms with E-state index in [-0.39, 0.29) is 0 Å². The molecule has 16 atom stereocenters. The number of carboxylic acid groups (broad SMARTS) is 1. The Morgan fingerprint density at radius 2 is 1.43 bits per heavy atom. The molecule has 3 fully saturated rings. The fraction of sp³-hybridized carbons (Fsp3) is 0.885. The second-order valence-corrected chi connectivity index (χ2v) is 11.4. The van der Waals surface area contributed by atoms with Crippen LogP contribution in [-0.4, -0.2) is 193 Å². The second kappa shape index (κ2) is 16.5. The highest BCUT2D eigenvalue weighted by Gasteiger charge is 2.60. The first-order valence-corrected chi connectivity index (χ1v) is 14.6. The van der Waals surface area contributed by atoms with Crippen LogP contribution in [0.5, 0.6) is 0 Å². The minimum Gasteiger partial charge on any atom is -0.477 e. The number of hydrogen-bond acceptors (Lipinski definition) is 18. The van der Waals surface area contributed by atoms with Crippen molar-refractivity contribution in [3.63, 3.8) is 0 Å². The highest BCUT2D eigenvalue weighted by molar-refractivity contribution is 5.76. The van der Waals surface area contributed by atoms with Crippen molar-refractivity contribution in [2.45, 2.75) is 118 Å². The van der Waals surface area contributed by atoms with Crippen molar-refractivity contribution in [2.75, 3.05) is 26.9 Å². The Morgan fingerprint density at radius 1 is 0.851 bits per heavy atom. The van der Waals surface area contributed by atoms with E-state index in [2.05, 4.69) is 10.6 Å². The summed E-state index contributed by atoms with van der Waals surface area (Å²) in [6.45, 7) is -0.596. The molecule has 0 aromatic carbocycles. The molecule has 3 aliphatic heterocycles. The zero-order valence-electron chi connectivity index (χ0n) is 25.6. The Kier molecular flexibility index (Phi) is 13.8. The molecule has 272 valence electrons. The van der Waals surface area contributed by atoms with Crippen molar-refractivity contribution in [2.24, 2.45) is 0 Å². The molecule has 0 spiro atoms. The minimum atomic E-state index is -3.02. The van der Waals surface area contributed by atoms with Crippen molar-refractivity contribution < 1.29 is 93.9 Å². The Hall–Kier alpha value is -2.19. The van der Waals surface area contributed by atoms with Gasteiger partial charge in [0.25, 0.3) is 5.79 Å². The highest BCUT2D eigenvalue weighted by atomic mass is 16.8. The zero-order valence-corrected chi connectivity index (χ0v) is 25.6. The van der Waals surface area contributed by atoms with Crippen LogP contribution in [0.4, 0.5) is 0 Å². The van der Waals surface area contributed by atoms with Crippen LogP contribution in [0.3, 0.4) is 0 Å². The van der Waals surface area contributed by atoms with Crippen LogP contribution < -0.4 is 10.6 Å². The van der Waals surface area contributed by atoms with E-state index in [1.807, 2.05) is 0 Å². The average Bonchev–Trinajstić information content (AvgIpc) is 3.02. The quantitative estimate of drug-likeness (QED) is 0.0854. The van der Waals surface area contributed by atoms with E-state index < -0.39 is 142 Å². The number of carboxylic acids is 1. The van der Waals surface area contributed by atoms with Crippen molar-refractivity contribution in [3.8, 4) is 0 Å². The molecule has 3 rings (SSSR count). The van der Waals surface area contributed by atoms with E-state index in [0.29, 0.717) is 0 Å². The van der Waals surface area contributed by atoms with Gasteiger partial charge in [0.05, 0.1) is 32.0 Å². The number of aliphatic hydroxyl groups is 9. The molecule has 0 unspecified atom stereocenters. The Labute approximate surface area is 267 Å². The molecule has 0 bridgehead atoms. The maximum atomic E-state index is 12.7. The van der Waals surface area contributed by atoms with Gasteiger partial charge in [-0.1, -0.05) is 0 Å². The maximum absolute atomic E-state index is 12.7. The fourth-order valence-corrected chi connectivity index (χ4v) is 5.75. The molecule has 3 saturated heterocycles. The normalized spacial score (nSPS) is 42.3. The summed E-state index contributed by atoms with van der Waals surface area (Å²) in [5, 5.41) is 109. The number of amides is 2. The van der Waals surface area contributed by atoms with Gasteiger partial charge in [0, 0.05) is 27.4 Å². The third-order valence-electron chi connectivity index (χ3n) is 8.08. The number of aliphatic hydroxyl groups excluding tert-OH is 9. The lowest BCUT2D eigenvalue weighted by molar-refractivity contribution is -0.382. The van der Waals surface area contributed by atoms with E-state index in [4.69, 9.17) is 28.4 Å². The van der Waals surface area contributed by atoms with Gasteiger partial charge in [-0.15, -0.1) is 0 Å². The molecule has 0 aromatic rings. The van der Waals surface area contributed by atoms with E-state index in [0.717, 1.165) is 13.8 Å². The van der Waals surface area contributed by atoms with E-state index in [1.54, 1.807) is 0 Å². The smallest absolute Gasteiger partial charge is 0.364 e. The summed E-state index contributed by atoms with van der Waals surface area (Å²) in [6.07, 6.45) is -24.6. The molecular weight excluding hydrogens is 644 g/mol. The summed E-state index contributed by atoms with van der Waals surface area (Å²) >= 11 is 0. The monoisotopic (exact) mass is 688 g/mol. The van der Waals surface area contributed by atoms with Crippen LogP contribution in [0.25, 0.3) is 0 Å². The third kappa shape index (κ3) is 8.52. The number of carbonyl (C=O) groups excluding carboxylic acids is 2. The predicted molar refractivity (Wildman–Crippen MR) is 146 cm³/mol. The van der Waals surface area contributed by atoms with Crippen LogP contribution in [0.1, 0.15) is 20.3 Å². The van der Waals surface area contributed by atoms with Gasteiger partial charge in [-0.05, 0) is 0 Å². The standard InChI is InChI=1S/C26H44N2O19/c1-8(32)27-14-10(34)4-26(25(40)41,46-21(14)16(36)11(35)5-29)47-22-17(37)12(6-30)43-24(19(22)39)45-20-13(7-31)44-23(42-3)15(18(20)38)28-9(2)33/h10-24,29-31,34-39H,4-7H2,1-3H3,(H,27,32)(H,28,33)(H,40,41)/t10-,11+,12+,13+,14+,15+,16+,17-,18+,19+,20+,21+,22-,23+,24-,26-/m0/s1. The number of hydrogen-bond donors (Lipinski definition) is 12. The molecule has 3 aliphatic rings. The first-order valence-electron chi connectivity index (χ1n) is 14.6. The van der Waals surface area contributed by atoms with Gasteiger partial charge in [0.15, 0.2) is 12.6 Å². The third-order valence-corrected chi connectivity index (χ3v) is 8.08. The zero-order chi connectivity index (χ0) is 35.4. The van der Waals surface area contributed by atoms with Crippen LogP contribution in [-0.2, 0) is 42.8 Å². The average molecular weight is 689 g/mol. The number of ether oxygens (including phenoxy) is 6. The first kappa shape index (κ1) is 39.3. The molecular formula is C26H44N2O19. The topological polar surface area (TPSA) is 333 Å². The summed E-state index contributed by atoms with van der Waals surface area (Å²) in [7, 11) is 1.21. The summed E-state index contributed by atoms with van der Waals surface area (Å²) in [4.78, 5) is 36.2. The van der Waals surface area contributed by atoms with Gasteiger partial charge >= 0.3 is 5.97 Å². The van der Waals surface area contributed by atoms with Crippen LogP contribution >= 0.6 is 0 Å². The molecule has 2 amide bonds. The summed E-state index contributed by atoms with van der Waals surface area (Å²) in [5.41, 5.74) is 0. The predicted octanol–water partition coefficient (Wildman–Crippen LogP) is -7.43. The molecule has 47 heavy (non-hydrogen) atoms. The number of aliphatic carboxylic acids is 1. The van der Waals surface area contributed by atoms with Gasteiger partial charge in [0.1, 0.15) is 67.1 Å². The Morgan fingerprint density at radius 3 is 1.94 bits per heavy atom. The SMILES string of the molecule is CO[C@@H]1O[C@H](CO)[C@@H](O[C@@H]2O[C@H](CO)[C@H](O)[C@H](O[C@]3(C(=O)O)C[C@H](O)[C@@H](NC(C)=O)[C@H]([C@H](O)[C@H](O)CO)O3)[C@H]2O)[C@H](O)[C@H]1NC(C)=O. The maximum Gasteiger partial charge on any atom is 0.364 e. The lowest BCUT2D eigenvalue weighted by atomic mass is 9.88. The van der Waals surface area contributed by atoms with Gasteiger partial charge in [0.2, 0.25) is 11.8 Å². The van der Waals surface area contributed by atoms with E-state index >= 15 is 0 Å². The molecule has 3 heterocycles. The van der Waals surface area contributed by atoms with Crippen molar-refractivity contribution in [1.29, 1.82) is 0 Å². The second-order valence-electron chi connectivity index (χ2n) is 11.4. The Balaban J connectivity index is 1.96. The van der Waals surface area contributed by atoms with Crippen molar-refractivity contribution in [1.82, 2.24) is 10.6 Å². The summed E-state index contributed by atoms with van der Waals surface area (Å²) in [5.74, 6) is -6.33. The fourth-order valence-electron chi connectivity index (χ4n) is 5.75. The number of methoxy groups -OCH3 is 1. The van der Waals surface area contributed by atoms with E-state index in [1.165, 1.54) is 7.11 Å². The molecule has 21 heteroatoms. The summed E-state index contributed by atoms with van der Waals surface area (Å²) in [6, 6.07) is -2.81. The lowest BCUT2D eigenvalue weighted by Crippen LogP contribution is -2.71. The Bertz CT molecular complexity index is 1070. The van der Waals surface area contributed by atoms with Gasteiger partial charge in [-0.3, -0.25) is 9.59 Å². The first-order chi connectivity index (χ1) is 22.0. The minimum absolute atomic E-state index is 0.601. The van der Waals surface area contributed by atoms with Crippen LogP contribution in [0.2, 0.25) is 0 Å².